The van der Waals surface area contributed by atoms with E-state index in [0.717, 1.165) is 24.9 Å². The van der Waals surface area contributed by atoms with Gasteiger partial charge in [-0.3, -0.25) is 0 Å². The number of carbonyl (C=O) groups is 2. The van der Waals surface area contributed by atoms with Crippen molar-refractivity contribution in [2.24, 2.45) is 0 Å². The Morgan fingerprint density at radius 1 is 1.19 bits per heavy atom. The SMILES string of the molecule is CCOC(=O)N1CCC(NC(=O)NCc2ccccc2CN(C)C)CC1. The van der Waals surface area contributed by atoms with Gasteiger partial charge in [0.25, 0.3) is 0 Å². The number of amides is 3. The van der Waals surface area contributed by atoms with Crippen molar-refractivity contribution in [3.05, 3.63) is 35.4 Å². The van der Waals surface area contributed by atoms with Crippen molar-refractivity contribution in [2.75, 3.05) is 33.8 Å². The van der Waals surface area contributed by atoms with Crippen LogP contribution in [-0.2, 0) is 17.8 Å². The minimum Gasteiger partial charge on any atom is -0.450 e. The number of piperidine rings is 1. The van der Waals surface area contributed by atoms with E-state index in [2.05, 4.69) is 21.6 Å². The molecule has 0 radical (unpaired) electrons. The molecule has 0 bridgehead atoms. The first-order valence-electron chi connectivity index (χ1n) is 9.17. The number of carbonyl (C=O) groups excluding carboxylic acids is 2. The van der Waals surface area contributed by atoms with E-state index >= 15 is 0 Å². The maximum atomic E-state index is 12.2. The largest absolute Gasteiger partial charge is 0.450 e. The zero-order valence-corrected chi connectivity index (χ0v) is 16.0. The lowest BCUT2D eigenvalue weighted by Crippen LogP contribution is -2.49. The lowest BCUT2D eigenvalue weighted by atomic mass is 10.1. The molecular formula is C19H30N4O3. The topological polar surface area (TPSA) is 73.9 Å². The second kappa shape index (κ2) is 10.0. The van der Waals surface area contributed by atoms with Gasteiger partial charge in [-0.2, -0.15) is 0 Å². The molecule has 7 nitrogen and oxygen atoms in total. The number of hydrogen-bond donors (Lipinski definition) is 2. The molecule has 26 heavy (non-hydrogen) atoms. The summed E-state index contributed by atoms with van der Waals surface area (Å²) in [5.41, 5.74) is 2.33. The van der Waals surface area contributed by atoms with E-state index in [-0.39, 0.29) is 18.2 Å². The highest BCUT2D eigenvalue weighted by atomic mass is 16.6. The lowest BCUT2D eigenvalue weighted by Gasteiger charge is -2.31. The average molecular weight is 362 g/mol. The third kappa shape index (κ3) is 6.22. The van der Waals surface area contributed by atoms with Crippen molar-refractivity contribution in [3.8, 4) is 0 Å². The van der Waals surface area contributed by atoms with Gasteiger partial charge >= 0.3 is 12.1 Å². The Balaban J connectivity index is 1.76. The summed E-state index contributed by atoms with van der Waals surface area (Å²) >= 11 is 0. The van der Waals surface area contributed by atoms with Crippen LogP contribution >= 0.6 is 0 Å². The summed E-state index contributed by atoms with van der Waals surface area (Å²) in [5.74, 6) is 0. The van der Waals surface area contributed by atoms with Gasteiger partial charge < -0.3 is 25.2 Å². The predicted molar refractivity (Wildman–Crippen MR) is 101 cm³/mol. The molecule has 1 aromatic carbocycles. The minimum absolute atomic E-state index is 0.0812. The molecule has 1 aromatic rings. The molecule has 1 fully saturated rings. The number of likely N-dealkylation sites (tertiary alicyclic amines) is 1. The quantitative estimate of drug-likeness (QED) is 0.813. The Kier molecular flexibility index (Phi) is 7.72. The van der Waals surface area contributed by atoms with Crippen molar-refractivity contribution < 1.29 is 14.3 Å². The molecule has 1 heterocycles. The number of ether oxygens (including phenoxy) is 1. The Hall–Kier alpha value is -2.28. The van der Waals surface area contributed by atoms with Gasteiger partial charge in [0.15, 0.2) is 0 Å². The molecule has 1 saturated heterocycles. The van der Waals surface area contributed by atoms with Gasteiger partial charge in [0.1, 0.15) is 0 Å². The number of nitrogens with zero attached hydrogens (tertiary/aromatic N) is 2. The van der Waals surface area contributed by atoms with E-state index in [1.54, 1.807) is 11.8 Å². The lowest BCUT2D eigenvalue weighted by molar-refractivity contribution is 0.0957. The van der Waals surface area contributed by atoms with E-state index in [1.165, 1.54) is 5.56 Å². The second-order valence-corrected chi connectivity index (χ2v) is 6.79. The zero-order valence-electron chi connectivity index (χ0n) is 16.0. The molecule has 0 aromatic heterocycles. The van der Waals surface area contributed by atoms with Crippen molar-refractivity contribution >= 4 is 12.1 Å². The number of hydrogen-bond acceptors (Lipinski definition) is 4. The summed E-state index contributed by atoms with van der Waals surface area (Å²) in [4.78, 5) is 27.7. The van der Waals surface area contributed by atoms with E-state index in [1.807, 2.05) is 32.3 Å². The van der Waals surface area contributed by atoms with Crippen LogP contribution in [0.2, 0.25) is 0 Å². The number of urea groups is 1. The predicted octanol–water partition coefficient (Wildman–Crippen LogP) is 2.17. The average Bonchev–Trinajstić information content (AvgIpc) is 2.61. The summed E-state index contributed by atoms with van der Waals surface area (Å²) in [5, 5.41) is 5.94. The first kappa shape index (κ1) is 20.0. The van der Waals surface area contributed by atoms with Crippen LogP contribution in [0.1, 0.15) is 30.9 Å². The second-order valence-electron chi connectivity index (χ2n) is 6.79. The number of nitrogens with one attached hydrogen (secondary N) is 2. The summed E-state index contributed by atoms with van der Waals surface area (Å²) in [6.45, 7) is 4.73. The molecule has 2 rings (SSSR count). The Morgan fingerprint density at radius 3 is 2.46 bits per heavy atom. The summed E-state index contributed by atoms with van der Waals surface area (Å²) in [7, 11) is 4.05. The molecule has 0 atom stereocenters. The van der Waals surface area contributed by atoms with Gasteiger partial charge in [-0.1, -0.05) is 24.3 Å². The van der Waals surface area contributed by atoms with Crippen LogP contribution in [0.5, 0.6) is 0 Å². The van der Waals surface area contributed by atoms with Crippen LogP contribution in [0.4, 0.5) is 9.59 Å². The monoisotopic (exact) mass is 362 g/mol. The van der Waals surface area contributed by atoms with Crippen LogP contribution in [0.25, 0.3) is 0 Å². The normalized spacial score (nSPS) is 15.0. The summed E-state index contributed by atoms with van der Waals surface area (Å²) < 4.78 is 5.01. The molecular weight excluding hydrogens is 332 g/mol. The zero-order chi connectivity index (χ0) is 18.9. The van der Waals surface area contributed by atoms with Gasteiger partial charge in [-0.25, -0.2) is 9.59 Å². The number of benzene rings is 1. The Bertz CT molecular complexity index is 598. The maximum Gasteiger partial charge on any atom is 0.409 e. The number of rotatable bonds is 6. The molecule has 1 aliphatic heterocycles. The fraction of sp³-hybridized carbons (Fsp3) is 0.579. The van der Waals surface area contributed by atoms with Gasteiger partial charge in [-0.05, 0) is 45.0 Å². The molecule has 0 unspecified atom stereocenters. The fourth-order valence-corrected chi connectivity index (χ4v) is 3.06. The molecule has 0 saturated carbocycles. The molecule has 2 N–H and O–H groups in total. The van der Waals surface area contributed by atoms with Crippen LogP contribution in [0.3, 0.4) is 0 Å². The van der Waals surface area contributed by atoms with Crippen LogP contribution in [0.15, 0.2) is 24.3 Å². The molecule has 3 amide bonds. The van der Waals surface area contributed by atoms with Gasteiger partial charge in [0.05, 0.1) is 6.61 Å². The highest BCUT2D eigenvalue weighted by Gasteiger charge is 2.24. The molecule has 7 heteroatoms. The molecule has 0 spiro atoms. The summed E-state index contributed by atoms with van der Waals surface area (Å²) in [6, 6.07) is 8.03. The van der Waals surface area contributed by atoms with E-state index in [0.29, 0.717) is 26.2 Å². The van der Waals surface area contributed by atoms with E-state index in [4.69, 9.17) is 4.74 Å². The molecule has 1 aliphatic rings. The first-order chi connectivity index (χ1) is 12.5. The van der Waals surface area contributed by atoms with Crippen LogP contribution < -0.4 is 10.6 Å². The van der Waals surface area contributed by atoms with E-state index < -0.39 is 0 Å². The molecule has 144 valence electrons. The Morgan fingerprint density at radius 2 is 1.85 bits per heavy atom. The smallest absolute Gasteiger partial charge is 0.409 e. The van der Waals surface area contributed by atoms with Crippen LogP contribution in [-0.4, -0.2) is 61.8 Å². The summed E-state index contributed by atoms with van der Waals surface area (Å²) in [6.07, 6.45) is 1.21. The third-order valence-corrected chi connectivity index (χ3v) is 4.40. The minimum atomic E-state index is -0.270. The van der Waals surface area contributed by atoms with Gasteiger partial charge in [-0.15, -0.1) is 0 Å². The highest BCUT2D eigenvalue weighted by molar-refractivity contribution is 5.74. The highest BCUT2D eigenvalue weighted by Crippen LogP contribution is 2.12. The third-order valence-electron chi connectivity index (χ3n) is 4.40. The van der Waals surface area contributed by atoms with Crippen LogP contribution in [0, 0.1) is 0 Å². The van der Waals surface area contributed by atoms with Gasteiger partial charge in [0, 0.05) is 32.2 Å². The van der Waals surface area contributed by atoms with Crippen molar-refractivity contribution in [3.63, 3.8) is 0 Å². The van der Waals surface area contributed by atoms with Gasteiger partial charge in [0.2, 0.25) is 0 Å². The van der Waals surface area contributed by atoms with Crippen molar-refractivity contribution in [1.82, 2.24) is 20.4 Å². The Labute approximate surface area is 155 Å². The van der Waals surface area contributed by atoms with Crippen molar-refractivity contribution in [2.45, 2.75) is 38.9 Å². The maximum absolute atomic E-state index is 12.2. The van der Waals surface area contributed by atoms with Crippen molar-refractivity contribution in [1.29, 1.82) is 0 Å². The standard InChI is InChI=1S/C19H30N4O3/c1-4-26-19(25)23-11-9-17(10-12-23)21-18(24)20-13-15-7-5-6-8-16(15)14-22(2)3/h5-8,17H,4,9-14H2,1-3H3,(H2,20,21,24). The molecule has 0 aliphatic carbocycles. The fourth-order valence-electron chi connectivity index (χ4n) is 3.06. The van der Waals surface area contributed by atoms with E-state index in [9.17, 15) is 9.59 Å². The first-order valence-corrected chi connectivity index (χ1v) is 9.17.